The Bertz CT molecular complexity index is 3770. The van der Waals surface area contributed by atoms with Gasteiger partial charge < -0.3 is 20.1 Å². The third-order valence-electron chi connectivity index (χ3n) is 9.85. The molecule has 30 heteroatoms. The average Bonchev–Trinajstić information content (AvgIpc) is 3.98. The van der Waals surface area contributed by atoms with Crippen molar-refractivity contribution in [3.8, 4) is 34.6 Å². The number of aliphatic carboxylic acids is 1. The largest absolute Gasteiger partial charge is 0.505 e. The Morgan fingerprint density at radius 3 is 2.31 bits per heavy atom. The van der Waals surface area contributed by atoms with Gasteiger partial charge in [0.15, 0.2) is 21.4 Å². The number of aromatic nitrogens is 4. The van der Waals surface area contributed by atoms with E-state index in [4.69, 9.17) is 24.0 Å². The van der Waals surface area contributed by atoms with Crippen LogP contribution in [0, 0.1) is 18.3 Å². The lowest BCUT2D eigenvalue weighted by atomic mass is 9.99. The Balaban J connectivity index is 0.00000153. The normalized spacial score (nSPS) is 12.1. The van der Waals surface area contributed by atoms with Crippen LogP contribution < -0.4 is 4.74 Å². The van der Waals surface area contributed by atoms with Crippen molar-refractivity contribution in [3.63, 3.8) is 0 Å². The summed E-state index contributed by atoms with van der Waals surface area (Å²) in [6.07, 6.45) is 0.558. The highest BCUT2D eigenvalue weighted by molar-refractivity contribution is 8.01. The number of carboxylic acid groups (broad SMARTS) is 1. The van der Waals surface area contributed by atoms with Gasteiger partial charge in [-0.25, -0.2) is 10.2 Å². The molecule has 0 atom stereocenters. The number of para-hydroxylation sites is 2. The SMILES string of the molecule is CS(=O)(=O)O.Cc1cc(N=Nc2c(SOOO)cc3ccc(N=Nc4c(-c5ccccc5)c(C#N)c5nc6ccccc6n5c4O)cc3c2O)c(OCCCS(=O)(=O)O)cc1N=Nc1nnc(SCCC(=O)O)s1. The molecule has 0 radical (unpaired) electrons. The van der Waals surface area contributed by atoms with Crippen molar-refractivity contribution in [1.82, 2.24) is 19.6 Å². The van der Waals surface area contributed by atoms with Gasteiger partial charge in [0.05, 0.1) is 64.4 Å². The van der Waals surface area contributed by atoms with Crippen LogP contribution in [-0.4, -0.2) is 96.4 Å². The zero-order valence-corrected chi connectivity index (χ0v) is 42.2. The van der Waals surface area contributed by atoms with Gasteiger partial charge in [-0.3, -0.25) is 18.3 Å². The first-order valence-electron chi connectivity index (χ1n) is 21.0. The molecular formula is C44H37N11O14S5. The Labute approximate surface area is 431 Å². The summed E-state index contributed by atoms with van der Waals surface area (Å²) in [6.45, 7) is 1.51. The molecular weight excluding hydrogens is 1070 g/mol. The number of ether oxygens (including phenoxy) is 1. The number of benzene rings is 5. The van der Waals surface area contributed by atoms with Gasteiger partial charge in [-0.1, -0.05) is 76.7 Å². The van der Waals surface area contributed by atoms with Crippen LogP contribution >= 0.6 is 35.1 Å². The van der Waals surface area contributed by atoms with E-state index in [-0.39, 0.29) is 80.5 Å². The fourth-order valence-corrected chi connectivity index (χ4v) is 9.41. The van der Waals surface area contributed by atoms with Gasteiger partial charge in [-0.05, 0) is 66.3 Å². The summed E-state index contributed by atoms with van der Waals surface area (Å²) in [7, 11) is -7.96. The van der Waals surface area contributed by atoms with Crippen LogP contribution in [0.15, 0.2) is 131 Å². The number of hydrogen-bond acceptors (Lipinski definition) is 24. The minimum absolute atomic E-state index is 0.0164. The molecule has 0 bridgehead atoms. The fourth-order valence-electron chi connectivity index (χ4n) is 6.77. The third kappa shape index (κ3) is 13.9. The zero-order chi connectivity index (χ0) is 53.2. The first-order valence-corrected chi connectivity index (χ1v) is 27.0. The smallest absolute Gasteiger partial charge is 0.304 e. The molecule has 74 heavy (non-hydrogen) atoms. The predicted molar refractivity (Wildman–Crippen MR) is 271 cm³/mol. The molecule has 0 saturated carbocycles. The topological polar surface area (TPSA) is 375 Å². The van der Waals surface area contributed by atoms with Crippen molar-refractivity contribution in [2.75, 3.05) is 24.4 Å². The van der Waals surface area contributed by atoms with Crippen LogP contribution in [0.2, 0.25) is 0 Å². The number of pyridine rings is 1. The second-order valence-electron chi connectivity index (χ2n) is 15.1. The predicted octanol–water partition coefficient (Wildman–Crippen LogP) is 11.2. The van der Waals surface area contributed by atoms with Gasteiger partial charge >= 0.3 is 5.97 Å². The van der Waals surface area contributed by atoms with Gasteiger partial charge in [0, 0.05) is 22.8 Å². The maximum absolute atomic E-state index is 11.8. The van der Waals surface area contributed by atoms with Crippen LogP contribution in [0.4, 0.5) is 33.6 Å². The molecule has 0 unspecified atom stereocenters. The molecule has 8 rings (SSSR count). The number of carbonyl (C=O) groups is 1. The van der Waals surface area contributed by atoms with Crippen molar-refractivity contribution in [3.05, 3.63) is 102 Å². The number of hydrogen-bond donors (Lipinski definition) is 6. The number of fused-ring (bicyclic) bond motifs is 4. The van der Waals surface area contributed by atoms with E-state index in [0.29, 0.717) is 67.2 Å². The highest BCUT2D eigenvalue weighted by Crippen LogP contribution is 2.48. The van der Waals surface area contributed by atoms with Gasteiger partial charge in [0.2, 0.25) is 5.88 Å². The molecule has 6 N–H and O–H groups in total. The number of thioether (sulfide) groups is 1. The Kier molecular flexibility index (Phi) is 17.6. The van der Waals surface area contributed by atoms with Gasteiger partial charge in [0.1, 0.15) is 28.8 Å². The highest BCUT2D eigenvalue weighted by Gasteiger charge is 2.25. The fraction of sp³-hybridized carbons (Fsp3) is 0.159. The molecule has 0 saturated heterocycles. The van der Waals surface area contributed by atoms with Crippen molar-refractivity contribution in [2.45, 2.75) is 29.0 Å². The summed E-state index contributed by atoms with van der Waals surface area (Å²) in [5, 5.41) is 90.8. The zero-order valence-electron chi connectivity index (χ0n) is 38.1. The van der Waals surface area contributed by atoms with Crippen LogP contribution in [-0.2, 0) is 34.4 Å². The summed E-state index contributed by atoms with van der Waals surface area (Å²) >= 11 is 2.82. The van der Waals surface area contributed by atoms with E-state index in [1.165, 1.54) is 28.3 Å². The number of phenolic OH excluding ortho intramolecular Hbond substituents is 1. The van der Waals surface area contributed by atoms with Crippen molar-refractivity contribution in [2.24, 2.45) is 30.7 Å². The van der Waals surface area contributed by atoms with Crippen LogP contribution in [0.1, 0.15) is 24.0 Å². The number of nitriles is 1. The molecule has 8 aromatic rings. The Morgan fingerprint density at radius 1 is 0.878 bits per heavy atom. The van der Waals surface area contributed by atoms with Gasteiger partial charge in [0.25, 0.3) is 25.4 Å². The second kappa shape index (κ2) is 24.0. The lowest BCUT2D eigenvalue weighted by Gasteiger charge is -2.13. The molecule has 3 heterocycles. The molecule has 25 nitrogen and oxygen atoms in total. The number of aromatic hydroxyl groups is 2. The lowest BCUT2D eigenvalue weighted by Crippen LogP contribution is -2.08. The number of imidazole rings is 1. The Morgan fingerprint density at radius 2 is 1.59 bits per heavy atom. The molecule has 0 fully saturated rings. The van der Waals surface area contributed by atoms with Crippen LogP contribution in [0.5, 0.6) is 17.4 Å². The summed E-state index contributed by atoms with van der Waals surface area (Å²) in [6, 6.07) is 27.5. The van der Waals surface area contributed by atoms with E-state index < -0.39 is 37.7 Å². The van der Waals surface area contributed by atoms with Crippen LogP contribution in [0.3, 0.4) is 0 Å². The van der Waals surface area contributed by atoms with Crippen LogP contribution in [0.25, 0.3) is 38.6 Å². The summed E-state index contributed by atoms with van der Waals surface area (Å²) < 4.78 is 70.5. The standard InChI is InChI=1S/C43H33N11O11S4.CH4O3S/c1-23-18-31(33(63-15-7-17-69(60,61)62)21-30(23)47-51-42-52-53-43(67-42)66-16-14-35(55)56)48-49-37-34(68-65-64-59)19-25-12-13-26(20-27(25)39(37)57)46-50-38-36(24-8-3-2-4-9-24)28(22-44)40-45-29-10-5-6-11-32(29)54(40)41(38)58;1-5(2,3)4/h2-6,8-13,18-21,57-59H,7,14-17H2,1H3,(H,55,56)(H,60,61,62);1H3,(H,2,3,4). The maximum atomic E-state index is 11.8. The summed E-state index contributed by atoms with van der Waals surface area (Å²) in [5.74, 6) is -1.91. The van der Waals surface area contributed by atoms with Crippen molar-refractivity contribution in [1.29, 1.82) is 5.26 Å². The lowest BCUT2D eigenvalue weighted by molar-refractivity contribution is -0.432. The number of carboxylic acids is 1. The second-order valence-corrected chi connectivity index (χ2v) is 21.2. The van der Waals surface area contributed by atoms with Crippen molar-refractivity contribution < 1.29 is 65.4 Å². The van der Waals surface area contributed by atoms with Gasteiger partial charge in [-0.15, -0.1) is 40.1 Å². The number of azo groups is 3. The minimum atomic E-state index is -4.29. The molecule has 0 aliphatic carbocycles. The average molecular weight is 1100 g/mol. The Hall–Kier alpha value is -7.57. The first-order chi connectivity index (χ1) is 35.3. The van der Waals surface area contributed by atoms with Crippen molar-refractivity contribution >= 4 is 122 Å². The van der Waals surface area contributed by atoms with Gasteiger partial charge in [-0.2, -0.15) is 27.2 Å². The molecule has 0 aliphatic rings. The summed E-state index contributed by atoms with van der Waals surface area (Å²) in [5.41, 5.74) is 3.29. The molecule has 0 aliphatic heterocycles. The third-order valence-corrected chi connectivity index (χ3v) is 13.2. The molecule has 5 aromatic carbocycles. The minimum Gasteiger partial charge on any atom is -0.505 e. The van der Waals surface area contributed by atoms with E-state index in [1.54, 1.807) is 79.7 Å². The summed E-state index contributed by atoms with van der Waals surface area (Å²) in [4.78, 5) is 15.7. The molecule has 0 spiro atoms. The first kappa shape index (κ1) is 54.2. The number of nitrogens with zero attached hydrogens (tertiary/aromatic N) is 11. The molecule has 3 aromatic heterocycles. The number of phenols is 1. The molecule has 0 amide bonds. The van der Waals surface area contributed by atoms with E-state index in [9.17, 15) is 41.7 Å². The quantitative estimate of drug-likeness (QED) is 0.00833. The highest BCUT2D eigenvalue weighted by atomic mass is 32.2. The number of aryl methyl sites for hydroxylation is 1. The molecule has 382 valence electrons. The van der Waals surface area contributed by atoms with E-state index >= 15 is 0 Å². The van der Waals surface area contributed by atoms with E-state index in [2.05, 4.69) is 57.0 Å². The maximum Gasteiger partial charge on any atom is 0.304 e. The van der Waals surface area contributed by atoms with E-state index in [0.717, 1.165) is 11.3 Å². The van der Waals surface area contributed by atoms with E-state index in [1.807, 2.05) is 6.07 Å². The monoisotopic (exact) mass is 1100 g/mol. The number of rotatable bonds is 19.